The molecule has 0 unspecified atom stereocenters. The Morgan fingerprint density at radius 1 is 0.328 bits per heavy atom. The van der Waals surface area contributed by atoms with E-state index in [1.54, 1.807) is 0 Å². The summed E-state index contributed by atoms with van der Waals surface area (Å²) in [6, 6.07) is 67.4. The largest absolute Gasteiger partial charge is 0.456 e. The molecule has 0 spiro atoms. The van der Waals surface area contributed by atoms with Gasteiger partial charge >= 0.3 is 0 Å². The van der Waals surface area contributed by atoms with Gasteiger partial charge < -0.3 is 14.1 Å². The lowest BCUT2D eigenvalue weighted by molar-refractivity contribution is 0.478. The molecule has 1 aliphatic rings. The number of benzene rings is 10. The maximum atomic E-state index is 6.91. The lowest BCUT2D eigenvalue weighted by atomic mass is 9.93. The number of hydrogen-bond acceptors (Lipinski definition) is 6. The first-order valence-corrected chi connectivity index (χ1v) is 20.4. The van der Waals surface area contributed by atoms with Crippen LogP contribution in [0, 0.1) is 0 Å². The molecule has 0 aliphatic carbocycles. The fourth-order valence-electron chi connectivity index (χ4n) is 9.16. The highest BCUT2D eigenvalue weighted by molar-refractivity contribution is 6.28. The number of nitrogens with zero attached hydrogens (tertiary/aromatic N) is 4. The second-order valence-corrected chi connectivity index (χ2v) is 15.6. The predicted molar refractivity (Wildman–Crippen MR) is 248 cm³/mol. The van der Waals surface area contributed by atoms with Crippen LogP contribution in [0.25, 0.3) is 99.2 Å². The van der Waals surface area contributed by atoms with Crippen molar-refractivity contribution in [2.24, 2.45) is 0 Å². The molecule has 13 rings (SSSR count). The summed E-state index contributed by atoms with van der Waals surface area (Å²) in [6.07, 6.45) is 0. The summed E-state index contributed by atoms with van der Waals surface area (Å²) >= 11 is 0. The number of fused-ring (bicyclic) bond motifs is 12. The van der Waals surface area contributed by atoms with Crippen molar-refractivity contribution in [3.63, 3.8) is 0 Å². The average molecular weight is 781 g/mol. The molecule has 0 N–H and O–H groups in total. The first kappa shape index (κ1) is 33.6. The molecule has 0 fully saturated rings. The van der Waals surface area contributed by atoms with E-state index in [2.05, 4.69) is 138 Å². The smallest absolute Gasteiger partial charge is 0.164 e. The third-order valence-corrected chi connectivity index (χ3v) is 12.0. The van der Waals surface area contributed by atoms with Crippen LogP contribution in [0.5, 0.6) is 11.5 Å². The van der Waals surface area contributed by atoms with Crippen LogP contribution in [-0.2, 0) is 0 Å². The highest BCUT2D eigenvalue weighted by Crippen LogP contribution is 2.54. The van der Waals surface area contributed by atoms with Gasteiger partial charge in [0.05, 0.1) is 11.4 Å². The standard InChI is InChI=1S/C55H32N4O2/c1-3-14-33(15-4-1)53-56-54(34-16-5-2-6-17-34)58-55(57-53)37-20-13-21-38(26-37)59-47-27-35-18-7-8-19-36(35)28-51(47)61-52-31-46-45-29-43-41-24-11-9-22-39(41)40-23-10-12-25-42(40)44(43)30-49(45)60-50(46)32-48(52)59/h1-32H. The monoisotopic (exact) mass is 780 g/mol. The average Bonchev–Trinajstić information content (AvgIpc) is 3.68. The summed E-state index contributed by atoms with van der Waals surface area (Å²) < 4.78 is 13.7. The molecule has 0 amide bonds. The molecule has 0 radical (unpaired) electrons. The van der Waals surface area contributed by atoms with Crippen LogP contribution >= 0.6 is 0 Å². The quantitative estimate of drug-likeness (QED) is 0.166. The lowest BCUT2D eigenvalue weighted by Gasteiger charge is -2.33. The van der Waals surface area contributed by atoms with Gasteiger partial charge in [-0.15, -0.1) is 0 Å². The van der Waals surface area contributed by atoms with Gasteiger partial charge in [0.1, 0.15) is 11.2 Å². The minimum atomic E-state index is 0.585. The number of ether oxygens (including phenoxy) is 1. The fourth-order valence-corrected chi connectivity index (χ4v) is 9.16. The van der Waals surface area contributed by atoms with E-state index < -0.39 is 0 Å². The van der Waals surface area contributed by atoms with Gasteiger partial charge in [-0.25, -0.2) is 15.0 Å². The first-order chi connectivity index (χ1) is 30.2. The van der Waals surface area contributed by atoms with Gasteiger partial charge in [0, 0.05) is 39.2 Å². The molecule has 10 aromatic carbocycles. The van der Waals surface area contributed by atoms with Gasteiger partial charge in [-0.2, -0.15) is 0 Å². The maximum Gasteiger partial charge on any atom is 0.164 e. The summed E-state index contributed by atoms with van der Waals surface area (Å²) in [4.78, 5) is 17.3. The maximum absolute atomic E-state index is 6.91. The van der Waals surface area contributed by atoms with Gasteiger partial charge in [0.15, 0.2) is 29.0 Å². The van der Waals surface area contributed by atoms with Crippen molar-refractivity contribution in [1.82, 2.24) is 15.0 Å². The van der Waals surface area contributed by atoms with Crippen LogP contribution < -0.4 is 9.64 Å². The molecule has 6 nitrogen and oxygen atoms in total. The highest BCUT2D eigenvalue weighted by Gasteiger charge is 2.29. The van der Waals surface area contributed by atoms with E-state index in [0.717, 1.165) is 78.0 Å². The number of anilines is 3. The normalized spacial score (nSPS) is 12.4. The number of furan rings is 1. The van der Waals surface area contributed by atoms with Crippen molar-refractivity contribution in [3.05, 3.63) is 194 Å². The second kappa shape index (κ2) is 13.1. The molecular weight excluding hydrogens is 749 g/mol. The number of rotatable bonds is 4. The summed E-state index contributed by atoms with van der Waals surface area (Å²) in [5, 5.41) is 11.5. The van der Waals surface area contributed by atoms with Crippen molar-refractivity contribution < 1.29 is 9.15 Å². The van der Waals surface area contributed by atoms with E-state index in [1.807, 2.05) is 60.7 Å². The van der Waals surface area contributed by atoms with Crippen LogP contribution in [0.1, 0.15) is 0 Å². The zero-order chi connectivity index (χ0) is 40.0. The summed E-state index contributed by atoms with van der Waals surface area (Å²) in [5.41, 5.74) is 7.05. The third-order valence-electron chi connectivity index (χ3n) is 12.0. The molecule has 2 aromatic heterocycles. The zero-order valence-electron chi connectivity index (χ0n) is 32.6. The molecule has 3 heterocycles. The van der Waals surface area contributed by atoms with E-state index >= 15 is 0 Å². The van der Waals surface area contributed by atoms with Crippen LogP contribution in [0.3, 0.4) is 0 Å². The van der Waals surface area contributed by atoms with Gasteiger partial charge in [0.2, 0.25) is 0 Å². The minimum Gasteiger partial charge on any atom is -0.456 e. The molecule has 0 saturated carbocycles. The van der Waals surface area contributed by atoms with Gasteiger partial charge in [-0.3, -0.25) is 0 Å². The van der Waals surface area contributed by atoms with Crippen molar-refractivity contribution in [2.45, 2.75) is 0 Å². The number of hydrogen-bond donors (Lipinski definition) is 0. The van der Waals surface area contributed by atoms with Gasteiger partial charge in [-0.05, 0) is 85.6 Å². The summed E-state index contributed by atoms with van der Waals surface area (Å²) in [7, 11) is 0. The Labute approximate surface area is 349 Å². The van der Waals surface area contributed by atoms with Crippen molar-refractivity contribution >= 4 is 82.1 Å². The topological polar surface area (TPSA) is 64.3 Å². The van der Waals surface area contributed by atoms with Gasteiger partial charge in [0.25, 0.3) is 0 Å². The van der Waals surface area contributed by atoms with E-state index in [0.29, 0.717) is 17.5 Å². The molecule has 61 heavy (non-hydrogen) atoms. The number of aromatic nitrogens is 3. The SMILES string of the molecule is c1ccc(-c2nc(-c3ccccc3)nc(-c3cccc(N4c5cc6ccccc6cc5Oc5cc6c(cc54)oc4cc5c7ccccc7c7ccccc7c5cc46)c3)n2)cc1. The zero-order valence-corrected chi connectivity index (χ0v) is 32.6. The Morgan fingerprint density at radius 3 is 1.46 bits per heavy atom. The molecule has 0 saturated heterocycles. The van der Waals surface area contributed by atoms with Crippen molar-refractivity contribution in [1.29, 1.82) is 0 Å². The van der Waals surface area contributed by atoms with Gasteiger partial charge in [-0.1, -0.05) is 146 Å². The molecule has 284 valence electrons. The Bertz CT molecular complexity index is 3690. The molecule has 12 aromatic rings. The molecule has 1 aliphatic heterocycles. The molecular formula is C55H32N4O2. The second-order valence-electron chi connectivity index (χ2n) is 15.6. The van der Waals surface area contributed by atoms with Crippen LogP contribution in [-0.4, -0.2) is 15.0 Å². The highest BCUT2D eigenvalue weighted by atomic mass is 16.5. The van der Waals surface area contributed by atoms with Crippen LogP contribution in [0.15, 0.2) is 199 Å². The van der Waals surface area contributed by atoms with Crippen molar-refractivity contribution in [3.8, 4) is 45.7 Å². The Morgan fingerprint density at radius 2 is 0.803 bits per heavy atom. The Balaban J connectivity index is 1.02. The fraction of sp³-hybridized carbons (Fsp3) is 0. The Hall–Kier alpha value is -8.35. The molecule has 6 heteroatoms. The molecule has 0 bridgehead atoms. The lowest BCUT2D eigenvalue weighted by Crippen LogP contribution is -2.16. The third kappa shape index (κ3) is 5.32. The van der Waals surface area contributed by atoms with Crippen LogP contribution in [0.2, 0.25) is 0 Å². The van der Waals surface area contributed by atoms with E-state index in [-0.39, 0.29) is 0 Å². The predicted octanol–water partition coefficient (Wildman–Crippen LogP) is 15.0. The van der Waals surface area contributed by atoms with E-state index in [4.69, 9.17) is 24.1 Å². The minimum absolute atomic E-state index is 0.585. The Kier molecular flexibility index (Phi) is 7.21. The van der Waals surface area contributed by atoms with E-state index in [9.17, 15) is 0 Å². The summed E-state index contributed by atoms with van der Waals surface area (Å²) in [5.74, 6) is 3.32. The molecule has 0 atom stereocenters. The van der Waals surface area contributed by atoms with Crippen molar-refractivity contribution in [2.75, 3.05) is 4.90 Å². The van der Waals surface area contributed by atoms with Crippen LogP contribution in [0.4, 0.5) is 17.1 Å². The van der Waals surface area contributed by atoms with E-state index in [1.165, 1.54) is 32.3 Å². The summed E-state index contributed by atoms with van der Waals surface area (Å²) in [6.45, 7) is 0. The first-order valence-electron chi connectivity index (χ1n) is 20.4.